The number of hydrogen-bond acceptors (Lipinski definition) is 3. The van der Waals surface area contributed by atoms with Gasteiger partial charge in [0.15, 0.2) is 5.78 Å². The summed E-state index contributed by atoms with van der Waals surface area (Å²) in [5.74, 6) is -0.294. The lowest BCUT2D eigenvalue weighted by molar-refractivity contribution is -0.118. The van der Waals surface area contributed by atoms with E-state index in [0.717, 1.165) is 5.69 Å². The quantitative estimate of drug-likeness (QED) is 0.740. The largest absolute Gasteiger partial charge is 0.382 e. The summed E-state index contributed by atoms with van der Waals surface area (Å²) in [4.78, 5) is 21.7. The van der Waals surface area contributed by atoms with Crippen LogP contribution in [0.15, 0.2) is 24.3 Å². The molecular weight excluding hydrogens is 204 g/mol. The number of rotatable bonds is 5. The lowest BCUT2D eigenvalue weighted by Crippen LogP contribution is -2.23. The molecule has 4 nitrogen and oxygen atoms in total. The van der Waals surface area contributed by atoms with E-state index in [1.807, 2.05) is 19.1 Å². The van der Waals surface area contributed by atoms with Gasteiger partial charge in [0.2, 0.25) is 5.91 Å². The summed E-state index contributed by atoms with van der Waals surface area (Å²) < 4.78 is 0. The number of ketones is 1. The molecule has 0 aliphatic carbocycles. The number of carbonyl (C=O) groups excluding carboxylic acids is 2. The van der Waals surface area contributed by atoms with Gasteiger partial charge >= 0.3 is 0 Å². The van der Waals surface area contributed by atoms with Crippen molar-refractivity contribution in [2.24, 2.45) is 5.73 Å². The Hall–Kier alpha value is -1.84. The van der Waals surface area contributed by atoms with Crippen LogP contribution in [0, 0.1) is 0 Å². The van der Waals surface area contributed by atoms with Crippen LogP contribution in [0.2, 0.25) is 0 Å². The molecule has 0 bridgehead atoms. The zero-order valence-electron chi connectivity index (χ0n) is 9.49. The molecule has 4 heteroatoms. The Kier molecular flexibility index (Phi) is 4.05. The number of Topliss-reactive ketones (excluding diaryl/α,β-unsaturated/α-hetero) is 1. The molecule has 1 rings (SSSR count). The predicted molar refractivity (Wildman–Crippen MR) is 63.3 cm³/mol. The highest BCUT2D eigenvalue weighted by molar-refractivity contribution is 5.94. The summed E-state index contributed by atoms with van der Waals surface area (Å²) in [5.41, 5.74) is 6.64. The Morgan fingerprint density at radius 3 is 2.31 bits per heavy atom. The maximum absolute atomic E-state index is 11.0. The maximum Gasteiger partial charge on any atom is 0.219 e. The first kappa shape index (κ1) is 12.2. The van der Waals surface area contributed by atoms with Crippen molar-refractivity contribution in [1.82, 2.24) is 0 Å². The highest BCUT2D eigenvalue weighted by Crippen LogP contribution is 2.12. The average molecular weight is 220 g/mol. The molecule has 0 saturated heterocycles. The first-order valence-electron chi connectivity index (χ1n) is 5.15. The second-order valence-electron chi connectivity index (χ2n) is 3.85. The van der Waals surface area contributed by atoms with Gasteiger partial charge < -0.3 is 11.1 Å². The summed E-state index contributed by atoms with van der Waals surface area (Å²) in [6.45, 7) is 3.40. The molecule has 16 heavy (non-hydrogen) atoms. The summed E-state index contributed by atoms with van der Waals surface area (Å²) in [6.07, 6.45) is 0.286. The van der Waals surface area contributed by atoms with Crippen LogP contribution in [-0.4, -0.2) is 17.7 Å². The van der Waals surface area contributed by atoms with E-state index in [1.165, 1.54) is 6.92 Å². The second kappa shape index (κ2) is 5.30. The van der Waals surface area contributed by atoms with Crippen LogP contribution in [0.25, 0.3) is 0 Å². The molecular formula is C12H16N2O2. The first-order chi connectivity index (χ1) is 7.49. The van der Waals surface area contributed by atoms with Crippen molar-refractivity contribution in [3.63, 3.8) is 0 Å². The fourth-order valence-corrected chi connectivity index (χ4v) is 1.44. The molecule has 0 aliphatic rings. The van der Waals surface area contributed by atoms with Gasteiger partial charge in [-0.05, 0) is 38.1 Å². The van der Waals surface area contributed by atoms with Gasteiger partial charge in [-0.1, -0.05) is 0 Å². The molecule has 0 heterocycles. The molecule has 0 saturated carbocycles. The van der Waals surface area contributed by atoms with Crippen LogP contribution in [0.3, 0.4) is 0 Å². The normalized spacial score (nSPS) is 11.9. The molecule has 86 valence electrons. The number of amides is 1. The van der Waals surface area contributed by atoms with Crippen LogP contribution >= 0.6 is 0 Å². The van der Waals surface area contributed by atoms with Crippen molar-refractivity contribution in [3.8, 4) is 0 Å². The van der Waals surface area contributed by atoms with Gasteiger partial charge in [-0.15, -0.1) is 0 Å². The molecule has 1 amide bonds. The third kappa shape index (κ3) is 3.73. The summed E-state index contributed by atoms with van der Waals surface area (Å²) in [7, 11) is 0. The molecule has 0 spiro atoms. The highest BCUT2D eigenvalue weighted by Gasteiger charge is 2.05. The molecule has 0 radical (unpaired) electrons. The standard InChI is InChI=1S/C12H16N2O2/c1-8(7-12(13)16)14-11-5-3-10(4-6-11)9(2)15/h3-6,8,14H,7H2,1-2H3,(H2,13,16). The Labute approximate surface area is 94.8 Å². The fraction of sp³-hybridized carbons (Fsp3) is 0.333. The van der Waals surface area contributed by atoms with Crippen LogP contribution in [0.5, 0.6) is 0 Å². The summed E-state index contributed by atoms with van der Waals surface area (Å²) in [6, 6.07) is 7.12. The molecule has 0 aliphatic heterocycles. The number of carbonyl (C=O) groups is 2. The van der Waals surface area contributed by atoms with E-state index in [0.29, 0.717) is 5.56 Å². The van der Waals surface area contributed by atoms with Gasteiger partial charge in [0, 0.05) is 23.7 Å². The highest BCUT2D eigenvalue weighted by atomic mass is 16.1. The SMILES string of the molecule is CC(=O)c1ccc(NC(C)CC(N)=O)cc1. The summed E-state index contributed by atoms with van der Waals surface area (Å²) in [5, 5.41) is 3.13. The zero-order chi connectivity index (χ0) is 12.1. The van der Waals surface area contributed by atoms with Crippen molar-refractivity contribution in [1.29, 1.82) is 0 Å². The van der Waals surface area contributed by atoms with Gasteiger partial charge in [-0.3, -0.25) is 9.59 Å². The van der Waals surface area contributed by atoms with Crippen molar-refractivity contribution < 1.29 is 9.59 Å². The Balaban J connectivity index is 2.61. The number of anilines is 1. The maximum atomic E-state index is 11.0. The van der Waals surface area contributed by atoms with Crippen LogP contribution < -0.4 is 11.1 Å². The van der Waals surface area contributed by atoms with Crippen molar-refractivity contribution >= 4 is 17.4 Å². The topological polar surface area (TPSA) is 72.2 Å². The first-order valence-corrected chi connectivity index (χ1v) is 5.15. The average Bonchev–Trinajstić information content (AvgIpc) is 2.16. The number of benzene rings is 1. The van der Waals surface area contributed by atoms with E-state index < -0.39 is 0 Å². The number of primary amides is 1. The van der Waals surface area contributed by atoms with E-state index in [9.17, 15) is 9.59 Å². The number of nitrogens with one attached hydrogen (secondary N) is 1. The van der Waals surface area contributed by atoms with Gasteiger partial charge in [-0.2, -0.15) is 0 Å². The van der Waals surface area contributed by atoms with E-state index in [-0.39, 0.29) is 24.2 Å². The van der Waals surface area contributed by atoms with Gasteiger partial charge in [-0.25, -0.2) is 0 Å². The predicted octanol–water partition coefficient (Wildman–Crippen LogP) is 1.56. The minimum absolute atomic E-state index is 0.0133. The van der Waals surface area contributed by atoms with Gasteiger partial charge in [0.1, 0.15) is 0 Å². The number of hydrogen-bond donors (Lipinski definition) is 2. The minimum Gasteiger partial charge on any atom is -0.382 e. The lowest BCUT2D eigenvalue weighted by atomic mass is 10.1. The van der Waals surface area contributed by atoms with E-state index >= 15 is 0 Å². The van der Waals surface area contributed by atoms with Crippen LogP contribution in [0.4, 0.5) is 5.69 Å². The van der Waals surface area contributed by atoms with Gasteiger partial charge in [0.05, 0.1) is 0 Å². The van der Waals surface area contributed by atoms with Crippen LogP contribution in [0.1, 0.15) is 30.6 Å². The minimum atomic E-state index is -0.333. The second-order valence-corrected chi connectivity index (χ2v) is 3.85. The van der Waals surface area contributed by atoms with E-state index in [4.69, 9.17) is 5.73 Å². The van der Waals surface area contributed by atoms with Crippen LogP contribution in [-0.2, 0) is 4.79 Å². The lowest BCUT2D eigenvalue weighted by Gasteiger charge is -2.13. The molecule has 0 fully saturated rings. The third-order valence-corrected chi connectivity index (χ3v) is 2.21. The smallest absolute Gasteiger partial charge is 0.219 e. The van der Waals surface area contributed by atoms with Gasteiger partial charge in [0.25, 0.3) is 0 Å². The Bertz CT molecular complexity index is 385. The molecule has 1 unspecified atom stereocenters. The fourth-order valence-electron chi connectivity index (χ4n) is 1.44. The molecule has 0 aromatic heterocycles. The van der Waals surface area contributed by atoms with Crippen molar-refractivity contribution in [3.05, 3.63) is 29.8 Å². The molecule has 1 aromatic rings. The third-order valence-electron chi connectivity index (χ3n) is 2.21. The van der Waals surface area contributed by atoms with E-state index in [2.05, 4.69) is 5.32 Å². The van der Waals surface area contributed by atoms with Crippen molar-refractivity contribution in [2.45, 2.75) is 26.3 Å². The van der Waals surface area contributed by atoms with E-state index in [1.54, 1.807) is 12.1 Å². The molecule has 1 atom stereocenters. The van der Waals surface area contributed by atoms with Crippen molar-refractivity contribution in [2.75, 3.05) is 5.32 Å². The zero-order valence-corrected chi connectivity index (χ0v) is 9.49. The monoisotopic (exact) mass is 220 g/mol. The Morgan fingerprint density at radius 2 is 1.88 bits per heavy atom. The summed E-state index contributed by atoms with van der Waals surface area (Å²) >= 11 is 0. The molecule has 3 N–H and O–H groups in total. The Morgan fingerprint density at radius 1 is 1.31 bits per heavy atom. The molecule has 1 aromatic carbocycles. The number of nitrogens with two attached hydrogens (primary N) is 1.